The van der Waals surface area contributed by atoms with Crippen molar-refractivity contribution in [2.24, 2.45) is 4.99 Å². The summed E-state index contributed by atoms with van der Waals surface area (Å²) in [6, 6.07) is 15.8. The number of halogens is 1. The third kappa shape index (κ3) is 11.1. The molecular formula is C37H47FN7O4PS2Si. The van der Waals surface area contributed by atoms with Gasteiger partial charge in [-0.25, -0.2) is 9.37 Å². The van der Waals surface area contributed by atoms with Gasteiger partial charge in [0, 0.05) is 38.8 Å². The van der Waals surface area contributed by atoms with Gasteiger partial charge in [0.25, 0.3) is 0 Å². The monoisotopic (exact) mass is 795 g/mol. The van der Waals surface area contributed by atoms with Gasteiger partial charge in [0.1, 0.15) is 12.2 Å². The molecule has 0 bridgehead atoms. The van der Waals surface area contributed by atoms with E-state index in [9.17, 15) is 13.8 Å². The molecule has 0 saturated heterocycles. The summed E-state index contributed by atoms with van der Waals surface area (Å²) in [6.45, 7) is 12.1. The molecule has 1 unspecified atom stereocenters. The van der Waals surface area contributed by atoms with Crippen molar-refractivity contribution in [2.45, 2.75) is 52.2 Å². The topological polar surface area (TPSA) is 118 Å². The van der Waals surface area contributed by atoms with E-state index in [1.165, 1.54) is 24.1 Å². The zero-order valence-corrected chi connectivity index (χ0v) is 35.0. The third-order valence-corrected chi connectivity index (χ3v) is 13.3. The van der Waals surface area contributed by atoms with Crippen LogP contribution in [-0.4, -0.2) is 85.2 Å². The second kappa shape index (κ2) is 17.6. The predicted octanol–water partition coefficient (Wildman–Crippen LogP) is 7.16. The van der Waals surface area contributed by atoms with Crippen LogP contribution in [-0.2, 0) is 22.5 Å². The Bertz CT molecular complexity index is 2230. The highest BCUT2D eigenvalue weighted by atomic mass is 32.1. The zero-order chi connectivity index (χ0) is 38.3. The molecule has 5 rings (SSSR count). The second-order valence-corrected chi connectivity index (χ2v) is 24.1. The van der Waals surface area contributed by atoms with Crippen LogP contribution in [0.5, 0.6) is 5.75 Å². The highest BCUT2D eigenvalue weighted by Crippen LogP contribution is 2.40. The van der Waals surface area contributed by atoms with E-state index in [0.29, 0.717) is 59.9 Å². The van der Waals surface area contributed by atoms with E-state index in [4.69, 9.17) is 14.5 Å². The molecule has 0 aliphatic rings. The molecule has 0 aliphatic heterocycles. The lowest BCUT2D eigenvalue weighted by molar-refractivity contribution is 0.0884. The second-order valence-electron chi connectivity index (χ2n) is 14.3. The van der Waals surface area contributed by atoms with Crippen molar-refractivity contribution in [3.05, 3.63) is 75.2 Å². The van der Waals surface area contributed by atoms with E-state index in [-0.39, 0.29) is 17.8 Å². The van der Waals surface area contributed by atoms with E-state index in [1.807, 2.05) is 44.1 Å². The largest absolute Gasteiger partial charge is 0.491 e. The minimum absolute atomic E-state index is 0.133. The number of thiazole rings is 2. The van der Waals surface area contributed by atoms with E-state index in [0.717, 1.165) is 26.6 Å². The predicted molar refractivity (Wildman–Crippen MR) is 217 cm³/mol. The average Bonchev–Trinajstić information content (AvgIpc) is 3.67. The standard InChI is InChI=1S/C37H47FN7O4PS2Si/c1-26-23-33(41-42-34(26)39-37-45(25-48-21-22-53(6,7)8)29-14-9-10-15-31(29)51-37)44(4)36-40-35(50(5,46)47)32(52-36)16-12-20-49-30-18-17-27(24-28(30)38)13-11-19-43(2)3/h9-10,14-15,17-18,23-24H,12,16,19-22,25H2,1-8H3,(H,46,47)/b39-37-. The van der Waals surface area contributed by atoms with Crippen molar-refractivity contribution < 1.29 is 23.3 Å². The molecular weight excluding hydrogens is 749 g/mol. The fourth-order valence-corrected chi connectivity index (χ4v) is 9.38. The molecule has 53 heavy (non-hydrogen) atoms. The van der Waals surface area contributed by atoms with Gasteiger partial charge in [0.05, 0.1) is 23.4 Å². The number of nitrogens with zero attached hydrogens (tertiary/aromatic N) is 7. The highest BCUT2D eigenvalue weighted by Gasteiger charge is 2.26. The van der Waals surface area contributed by atoms with Crippen LogP contribution in [0.15, 0.2) is 53.5 Å². The van der Waals surface area contributed by atoms with Crippen molar-refractivity contribution in [2.75, 3.05) is 52.5 Å². The Labute approximate surface area is 319 Å². The highest BCUT2D eigenvalue weighted by molar-refractivity contribution is 7.65. The molecule has 3 aromatic heterocycles. The maximum Gasteiger partial charge on any atom is 0.245 e. The fourth-order valence-electron chi connectivity index (χ4n) is 5.06. The van der Waals surface area contributed by atoms with E-state index >= 15 is 0 Å². The van der Waals surface area contributed by atoms with Gasteiger partial charge in [-0.05, 0) is 81.9 Å². The molecule has 282 valence electrons. The molecule has 16 heteroatoms. The molecule has 2 aromatic carbocycles. The number of anilines is 2. The number of ether oxygens (including phenoxy) is 2. The van der Waals surface area contributed by atoms with Crippen LogP contribution < -0.4 is 19.9 Å². The normalized spacial score (nSPS) is 13.3. The molecule has 1 N–H and O–H groups in total. The lowest BCUT2D eigenvalue weighted by atomic mass is 10.2. The van der Waals surface area contributed by atoms with E-state index in [1.54, 1.807) is 35.4 Å². The fraction of sp³-hybridized carbons (Fsp3) is 0.405. The first-order valence-corrected chi connectivity index (χ1v) is 24.7. The van der Waals surface area contributed by atoms with Gasteiger partial charge >= 0.3 is 0 Å². The van der Waals surface area contributed by atoms with Gasteiger partial charge in [-0.1, -0.05) is 55.0 Å². The summed E-state index contributed by atoms with van der Waals surface area (Å²) in [5.74, 6) is 6.58. The lowest BCUT2D eigenvalue weighted by Gasteiger charge is -2.16. The molecule has 5 aromatic rings. The van der Waals surface area contributed by atoms with Crippen molar-refractivity contribution in [3.63, 3.8) is 0 Å². The molecule has 3 heterocycles. The van der Waals surface area contributed by atoms with Crippen LogP contribution in [0.3, 0.4) is 0 Å². The van der Waals surface area contributed by atoms with E-state index in [2.05, 4.69) is 63.4 Å². The Kier molecular flexibility index (Phi) is 13.4. The van der Waals surface area contributed by atoms with Gasteiger partial charge < -0.3 is 19.3 Å². The van der Waals surface area contributed by atoms with Crippen LogP contribution in [0.2, 0.25) is 25.7 Å². The minimum Gasteiger partial charge on any atom is -0.491 e. The lowest BCUT2D eigenvalue weighted by Crippen LogP contribution is -2.23. The molecule has 0 saturated carbocycles. The summed E-state index contributed by atoms with van der Waals surface area (Å²) < 4.78 is 42.5. The number of aryl methyl sites for hydroxylation is 2. The first-order chi connectivity index (χ1) is 25.1. The molecule has 0 aliphatic carbocycles. The summed E-state index contributed by atoms with van der Waals surface area (Å²) in [4.78, 5) is 25.2. The van der Waals surface area contributed by atoms with Crippen molar-refractivity contribution >= 4 is 70.5 Å². The van der Waals surface area contributed by atoms with Crippen LogP contribution in [0.4, 0.5) is 21.2 Å². The Balaban J connectivity index is 1.29. The van der Waals surface area contributed by atoms with Gasteiger partial charge in [0.15, 0.2) is 33.1 Å². The Morgan fingerprint density at radius 1 is 1.08 bits per heavy atom. The first kappa shape index (κ1) is 40.4. The Morgan fingerprint density at radius 3 is 2.55 bits per heavy atom. The minimum atomic E-state index is -3.70. The van der Waals surface area contributed by atoms with Crippen molar-refractivity contribution in [1.82, 2.24) is 24.6 Å². The first-order valence-electron chi connectivity index (χ1n) is 17.2. The summed E-state index contributed by atoms with van der Waals surface area (Å²) in [5.41, 5.74) is 2.58. The number of para-hydroxylation sites is 1. The van der Waals surface area contributed by atoms with Gasteiger partial charge in [-0.15, -0.1) is 21.5 Å². The van der Waals surface area contributed by atoms with Crippen LogP contribution in [0.25, 0.3) is 10.2 Å². The Morgan fingerprint density at radius 2 is 1.85 bits per heavy atom. The number of benzene rings is 2. The number of rotatable bonds is 15. The molecule has 1 atom stereocenters. The van der Waals surface area contributed by atoms with Gasteiger partial charge in [-0.2, -0.15) is 4.99 Å². The molecule has 0 spiro atoms. The molecule has 11 nitrogen and oxygen atoms in total. The van der Waals surface area contributed by atoms with Crippen molar-refractivity contribution in [1.29, 1.82) is 0 Å². The van der Waals surface area contributed by atoms with Crippen LogP contribution in [0, 0.1) is 24.6 Å². The third-order valence-electron chi connectivity index (χ3n) is 8.01. The van der Waals surface area contributed by atoms with E-state index < -0.39 is 21.3 Å². The van der Waals surface area contributed by atoms with Gasteiger partial charge in [0.2, 0.25) is 7.37 Å². The number of hydrogen-bond acceptors (Lipinski definition) is 11. The summed E-state index contributed by atoms with van der Waals surface area (Å²) in [7, 11) is 0.709. The zero-order valence-electron chi connectivity index (χ0n) is 31.5. The average molecular weight is 796 g/mol. The SMILES string of the molecule is Cc1cc(N(C)c2nc(P(C)(=O)O)c(CCCOc3ccc(C#CCN(C)C)cc3F)s2)nnc1/N=c1\sc2ccccc2n1COCC[Si](C)(C)C. The van der Waals surface area contributed by atoms with Gasteiger partial charge in [-0.3, -0.25) is 14.0 Å². The van der Waals surface area contributed by atoms with Crippen LogP contribution >= 0.6 is 30.0 Å². The Hall–Kier alpha value is -3.74. The number of fused-ring (bicyclic) bond motifs is 1. The smallest absolute Gasteiger partial charge is 0.245 e. The number of aromatic nitrogens is 4. The summed E-state index contributed by atoms with van der Waals surface area (Å²) >= 11 is 2.88. The maximum atomic E-state index is 14.7. The molecule has 0 fully saturated rings. The summed E-state index contributed by atoms with van der Waals surface area (Å²) in [6.07, 6.45) is 0.910. The number of hydrogen-bond donors (Lipinski definition) is 1. The summed E-state index contributed by atoms with van der Waals surface area (Å²) in [5, 5.41) is 9.44. The maximum absolute atomic E-state index is 14.7. The quantitative estimate of drug-likeness (QED) is 0.0510. The van der Waals surface area contributed by atoms with Crippen molar-refractivity contribution in [3.8, 4) is 17.6 Å². The molecule has 0 radical (unpaired) electrons. The van der Waals surface area contributed by atoms with Crippen LogP contribution in [0.1, 0.15) is 22.4 Å². The molecule has 0 amide bonds.